The van der Waals surface area contributed by atoms with Gasteiger partial charge in [-0.25, -0.2) is 4.79 Å². The number of nitrogens with one attached hydrogen (secondary N) is 1. The molecule has 0 saturated heterocycles. The van der Waals surface area contributed by atoms with E-state index in [0.717, 1.165) is 0 Å². The van der Waals surface area contributed by atoms with Crippen molar-refractivity contribution < 1.29 is 19.8 Å². The molecule has 0 aliphatic rings. The molecular formula is C10H11NO4. The molecule has 3 N–H and O–H groups in total. The molecular weight excluding hydrogens is 198 g/mol. The summed E-state index contributed by atoms with van der Waals surface area (Å²) in [5.41, 5.74) is 0.169. The molecule has 5 nitrogen and oxygen atoms in total. The van der Waals surface area contributed by atoms with Crippen LogP contribution in [0.25, 0.3) is 0 Å². The molecule has 5 heteroatoms. The largest absolute Gasteiger partial charge is 0.478 e. The van der Waals surface area contributed by atoms with Gasteiger partial charge in [-0.3, -0.25) is 4.79 Å². The highest BCUT2D eigenvalue weighted by molar-refractivity contribution is 6.01. The Kier molecular flexibility index (Phi) is 3.41. The van der Waals surface area contributed by atoms with Crippen molar-refractivity contribution in [3.8, 4) is 0 Å². The predicted octanol–water partition coefficient (Wildman–Crippen LogP) is 0.704. The van der Waals surface area contributed by atoms with E-state index in [1.54, 1.807) is 12.1 Å². The first-order valence-corrected chi connectivity index (χ1v) is 4.33. The molecule has 15 heavy (non-hydrogen) atoms. The third kappa shape index (κ3) is 2.78. The molecule has 0 bridgehead atoms. The number of benzene rings is 1. The third-order valence-electron chi connectivity index (χ3n) is 1.79. The molecule has 0 unspecified atom stereocenters. The Hall–Kier alpha value is -1.88. The molecule has 1 aromatic carbocycles. The molecule has 0 heterocycles. The Labute approximate surface area is 86.4 Å². The first-order valence-electron chi connectivity index (χ1n) is 4.33. The standard InChI is InChI=1S/C10H11NO4/c1-6(12)9(13)11-8-5-3-2-4-7(8)10(14)15/h2-6,12H,1H3,(H,11,13)(H,14,15)/t6-/m0/s1. The fourth-order valence-electron chi connectivity index (χ4n) is 1.02. The normalized spacial score (nSPS) is 11.9. The number of aliphatic hydroxyl groups excluding tert-OH is 1. The minimum absolute atomic E-state index is 0.00787. The van der Waals surface area contributed by atoms with Crippen molar-refractivity contribution in [3.63, 3.8) is 0 Å². The Morgan fingerprint density at radius 2 is 1.93 bits per heavy atom. The summed E-state index contributed by atoms with van der Waals surface area (Å²) >= 11 is 0. The second kappa shape index (κ2) is 4.56. The van der Waals surface area contributed by atoms with Gasteiger partial charge in [0.25, 0.3) is 5.91 Å². The van der Waals surface area contributed by atoms with E-state index in [0.29, 0.717) is 0 Å². The highest BCUT2D eigenvalue weighted by Gasteiger charge is 2.14. The number of carboxylic acid groups (broad SMARTS) is 1. The average Bonchev–Trinajstić information content (AvgIpc) is 2.18. The van der Waals surface area contributed by atoms with E-state index in [1.165, 1.54) is 19.1 Å². The van der Waals surface area contributed by atoms with Gasteiger partial charge in [-0.15, -0.1) is 0 Å². The summed E-state index contributed by atoms with van der Waals surface area (Å²) < 4.78 is 0. The number of carbonyl (C=O) groups excluding carboxylic acids is 1. The molecule has 1 amide bonds. The quantitative estimate of drug-likeness (QED) is 0.684. The number of para-hydroxylation sites is 1. The summed E-state index contributed by atoms with van der Waals surface area (Å²) in [4.78, 5) is 21.9. The lowest BCUT2D eigenvalue weighted by atomic mass is 10.1. The summed E-state index contributed by atoms with van der Waals surface area (Å²) in [5.74, 6) is -1.76. The molecule has 0 aliphatic carbocycles. The average molecular weight is 209 g/mol. The maximum atomic E-state index is 11.1. The summed E-state index contributed by atoms with van der Waals surface area (Å²) in [6, 6.07) is 6.00. The summed E-state index contributed by atoms with van der Waals surface area (Å²) in [6.07, 6.45) is -1.17. The van der Waals surface area contributed by atoms with Crippen LogP contribution in [0.2, 0.25) is 0 Å². The van der Waals surface area contributed by atoms with Crippen LogP contribution in [0.5, 0.6) is 0 Å². The first-order chi connectivity index (χ1) is 7.02. The summed E-state index contributed by atoms with van der Waals surface area (Å²) in [5, 5.41) is 20.1. The Bertz CT molecular complexity index is 387. The monoisotopic (exact) mass is 209 g/mol. The van der Waals surface area contributed by atoms with Crippen molar-refractivity contribution in [2.24, 2.45) is 0 Å². The Morgan fingerprint density at radius 3 is 2.47 bits per heavy atom. The molecule has 0 radical (unpaired) electrons. The molecule has 0 aliphatic heterocycles. The minimum Gasteiger partial charge on any atom is -0.478 e. The van der Waals surface area contributed by atoms with E-state index in [2.05, 4.69) is 5.32 Å². The fraction of sp³-hybridized carbons (Fsp3) is 0.200. The number of carbonyl (C=O) groups is 2. The van der Waals surface area contributed by atoms with Crippen LogP contribution in [-0.4, -0.2) is 28.2 Å². The number of aromatic carboxylic acids is 1. The van der Waals surface area contributed by atoms with Crippen LogP contribution < -0.4 is 5.32 Å². The van der Waals surface area contributed by atoms with Crippen LogP contribution in [0, 0.1) is 0 Å². The van der Waals surface area contributed by atoms with Gasteiger partial charge in [-0.2, -0.15) is 0 Å². The van der Waals surface area contributed by atoms with Crippen molar-refractivity contribution in [3.05, 3.63) is 29.8 Å². The number of carboxylic acids is 1. The lowest BCUT2D eigenvalue weighted by molar-refractivity contribution is -0.123. The lowest BCUT2D eigenvalue weighted by Gasteiger charge is -2.09. The van der Waals surface area contributed by atoms with Crippen molar-refractivity contribution in [1.29, 1.82) is 0 Å². The predicted molar refractivity (Wildman–Crippen MR) is 53.7 cm³/mol. The van der Waals surface area contributed by atoms with Crippen molar-refractivity contribution in [2.75, 3.05) is 5.32 Å². The molecule has 0 spiro atoms. The third-order valence-corrected chi connectivity index (χ3v) is 1.79. The number of anilines is 1. The van der Waals surface area contributed by atoms with Gasteiger partial charge in [-0.1, -0.05) is 12.1 Å². The maximum Gasteiger partial charge on any atom is 0.337 e. The first kappa shape index (κ1) is 11.2. The Balaban J connectivity index is 2.94. The van der Waals surface area contributed by atoms with E-state index in [9.17, 15) is 9.59 Å². The van der Waals surface area contributed by atoms with E-state index in [-0.39, 0.29) is 11.3 Å². The van der Waals surface area contributed by atoms with Gasteiger partial charge < -0.3 is 15.5 Å². The zero-order valence-corrected chi connectivity index (χ0v) is 8.10. The van der Waals surface area contributed by atoms with E-state index >= 15 is 0 Å². The molecule has 1 aromatic rings. The minimum atomic E-state index is -1.17. The second-order valence-corrected chi connectivity index (χ2v) is 3.02. The highest BCUT2D eigenvalue weighted by Crippen LogP contribution is 2.14. The number of hydrogen-bond donors (Lipinski definition) is 3. The fourth-order valence-corrected chi connectivity index (χ4v) is 1.02. The van der Waals surface area contributed by atoms with Gasteiger partial charge in [-0.05, 0) is 19.1 Å². The van der Waals surface area contributed by atoms with Crippen molar-refractivity contribution in [1.82, 2.24) is 0 Å². The molecule has 80 valence electrons. The summed E-state index contributed by atoms with van der Waals surface area (Å²) in [6.45, 7) is 1.30. The molecule has 1 rings (SSSR count). The SMILES string of the molecule is C[C@H](O)C(=O)Nc1ccccc1C(=O)O. The van der Waals surface area contributed by atoms with Gasteiger partial charge in [0.05, 0.1) is 11.3 Å². The molecule has 1 atom stereocenters. The zero-order chi connectivity index (χ0) is 11.4. The number of amides is 1. The van der Waals surface area contributed by atoms with Crippen LogP contribution >= 0.6 is 0 Å². The van der Waals surface area contributed by atoms with Crippen LogP contribution in [0.15, 0.2) is 24.3 Å². The van der Waals surface area contributed by atoms with Crippen molar-refractivity contribution >= 4 is 17.6 Å². The van der Waals surface area contributed by atoms with Crippen LogP contribution in [-0.2, 0) is 4.79 Å². The maximum absolute atomic E-state index is 11.1. The highest BCUT2D eigenvalue weighted by atomic mass is 16.4. The number of aliphatic hydroxyl groups is 1. The van der Waals surface area contributed by atoms with Crippen LogP contribution in [0.3, 0.4) is 0 Å². The number of hydrogen-bond acceptors (Lipinski definition) is 3. The topological polar surface area (TPSA) is 86.6 Å². The molecule has 0 fully saturated rings. The second-order valence-electron chi connectivity index (χ2n) is 3.02. The van der Waals surface area contributed by atoms with E-state index in [1.807, 2.05) is 0 Å². The van der Waals surface area contributed by atoms with E-state index in [4.69, 9.17) is 10.2 Å². The molecule has 0 saturated carbocycles. The summed E-state index contributed by atoms with van der Waals surface area (Å²) in [7, 11) is 0. The zero-order valence-electron chi connectivity index (χ0n) is 8.10. The van der Waals surface area contributed by atoms with E-state index < -0.39 is 18.0 Å². The Morgan fingerprint density at radius 1 is 1.33 bits per heavy atom. The van der Waals surface area contributed by atoms with Gasteiger partial charge in [0.15, 0.2) is 0 Å². The smallest absolute Gasteiger partial charge is 0.337 e. The number of rotatable bonds is 3. The van der Waals surface area contributed by atoms with Crippen LogP contribution in [0.4, 0.5) is 5.69 Å². The van der Waals surface area contributed by atoms with Crippen molar-refractivity contribution in [2.45, 2.75) is 13.0 Å². The van der Waals surface area contributed by atoms with Gasteiger partial charge in [0.2, 0.25) is 0 Å². The van der Waals surface area contributed by atoms with Crippen LogP contribution in [0.1, 0.15) is 17.3 Å². The van der Waals surface area contributed by atoms with Gasteiger partial charge in [0.1, 0.15) is 6.10 Å². The molecule has 0 aromatic heterocycles. The van der Waals surface area contributed by atoms with Gasteiger partial charge in [0, 0.05) is 0 Å². The lowest BCUT2D eigenvalue weighted by Crippen LogP contribution is -2.25. The van der Waals surface area contributed by atoms with Gasteiger partial charge >= 0.3 is 5.97 Å².